The number of carboxylic acids is 1. The maximum atomic E-state index is 10.8. The Morgan fingerprint density at radius 2 is 2.00 bits per heavy atom. The summed E-state index contributed by atoms with van der Waals surface area (Å²) in [5.41, 5.74) is 0. The van der Waals surface area contributed by atoms with Crippen LogP contribution in [0.3, 0.4) is 0 Å². The van der Waals surface area contributed by atoms with Crippen molar-refractivity contribution in [3.8, 4) is 0 Å². The molecule has 0 aromatic carbocycles. The van der Waals surface area contributed by atoms with Crippen LogP contribution in [0.5, 0.6) is 0 Å². The van der Waals surface area contributed by atoms with E-state index >= 15 is 0 Å². The summed E-state index contributed by atoms with van der Waals surface area (Å²) in [5.74, 6) is -0.787. The Hall–Kier alpha value is -0.610. The van der Waals surface area contributed by atoms with E-state index in [9.17, 15) is 4.79 Å². The average molecular weight is 240 g/mol. The molecule has 2 fully saturated rings. The smallest absolute Gasteiger partial charge is 0.308 e. The third-order valence-electron chi connectivity index (χ3n) is 4.41. The summed E-state index contributed by atoms with van der Waals surface area (Å²) in [4.78, 5) is 13.3. The first kappa shape index (κ1) is 12.8. The maximum Gasteiger partial charge on any atom is 0.308 e. The van der Waals surface area contributed by atoms with E-state index in [1.165, 1.54) is 25.7 Å². The Morgan fingerprint density at radius 3 is 2.53 bits per heavy atom. The third kappa shape index (κ3) is 3.19. The molecule has 0 aliphatic heterocycles. The number of hydrogen-bond acceptors (Lipinski definition) is 3. The topological polar surface area (TPSA) is 52.6 Å². The second kappa shape index (κ2) is 5.83. The summed E-state index contributed by atoms with van der Waals surface area (Å²) in [6.45, 7) is 1.95. The Bertz CT molecular complexity index is 264. The van der Waals surface area contributed by atoms with Crippen molar-refractivity contribution in [2.75, 3.05) is 20.1 Å². The molecule has 2 rings (SSSR count). The zero-order chi connectivity index (χ0) is 12.3. The second-order valence-electron chi connectivity index (χ2n) is 5.50. The quantitative estimate of drug-likeness (QED) is 0.735. The molecule has 0 heterocycles. The van der Waals surface area contributed by atoms with Crippen LogP contribution in [-0.4, -0.2) is 48.2 Å². The van der Waals surface area contributed by atoms with Crippen LogP contribution < -0.4 is 5.32 Å². The summed E-state index contributed by atoms with van der Waals surface area (Å²) in [6.07, 6.45) is 7.25. The Kier molecular flexibility index (Phi) is 4.40. The molecule has 2 aliphatic rings. The Labute approximate surface area is 103 Å². The number of nitrogens with zero attached hydrogens (tertiary/aromatic N) is 1. The van der Waals surface area contributed by atoms with Crippen LogP contribution in [0.4, 0.5) is 0 Å². The SMILES string of the molecule is CN(CCNC1CCC1C(=O)O)C1CCCC1. The first-order chi connectivity index (χ1) is 8.18. The molecule has 17 heavy (non-hydrogen) atoms. The van der Waals surface area contributed by atoms with Crippen molar-refractivity contribution in [1.29, 1.82) is 0 Å². The fourth-order valence-corrected chi connectivity index (χ4v) is 2.99. The Balaban J connectivity index is 1.61. The van der Waals surface area contributed by atoms with Crippen molar-refractivity contribution < 1.29 is 9.90 Å². The summed E-state index contributed by atoms with van der Waals surface area (Å²) in [7, 11) is 2.19. The van der Waals surface area contributed by atoms with E-state index in [0.29, 0.717) is 0 Å². The monoisotopic (exact) mass is 240 g/mol. The predicted molar refractivity (Wildman–Crippen MR) is 67.0 cm³/mol. The van der Waals surface area contributed by atoms with E-state index in [1.807, 2.05) is 0 Å². The van der Waals surface area contributed by atoms with Gasteiger partial charge in [0.05, 0.1) is 5.92 Å². The third-order valence-corrected chi connectivity index (χ3v) is 4.41. The number of aliphatic carboxylic acids is 1. The molecule has 0 saturated heterocycles. The highest BCUT2D eigenvalue weighted by molar-refractivity contribution is 5.72. The molecule has 0 bridgehead atoms. The van der Waals surface area contributed by atoms with Crippen LogP contribution in [0.25, 0.3) is 0 Å². The average Bonchev–Trinajstić information content (AvgIpc) is 2.74. The van der Waals surface area contributed by atoms with Crippen molar-refractivity contribution in [1.82, 2.24) is 10.2 Å². The van der Waals surface area contributed by atoms with Gasteiger partial charge in [0.2, 0.25) is 0 Å². The molecule has 0 radical (unpaired) electrons. The van der Waals surface area contributed by atoms with Gasteiger partial charge in [-0.3, -0.25) is 4.79 Å². The molecule has 0 aromatic heterocycles. The van der Waals surface area contributed by atoms with Gasteiger partial charge in [-0.05, 0) is 32.7 Å². The van der Waals surface area contributed by atoms with E-state index in [2.05, 4.69) is 17.3 Å². The number of hydrogen-bond donors (Lipinski definition) is 2. The lowest BCUT2D eigenvalue weighted by molar-refractivity contribution is -0.146. The van der Waals surface area contributed by atoms with Crippen LogP contribution in [0, 0.1) is 5.92 Å². The van der Waals surface area contributed by atoms with Crippen LogP contribution in [0.2, 0.25) is 0 Å². The number of carboxylic acid groups (broad SMARTS) is 1. The van der Waals surface area contributed by atoms with Gasteiger partial charge in [0.15, 0.2) is 0 Å². The van der Waals surface area contributed by atoms with Gasteiger partial charge in [-0.1, -0.05) is 12.8 Å². The van der Waals surface area contributed by atoms with Crippen molar-refractivity contribution >= 4 is 5.97 Å². The van der Waals surface area contributed by atoms with Crippen LogP contribution in [-0.2, 0) is 4.79 Å². The molecule has 2 atom stereocenters. The van der Waals surface area contributed by atoms with Gasteiger partial charge in [0.25, 0.3) is 0 Å². The predicted octanol–water partition coefficient (Wildman–Crippen LogP) is 1.31. The molecule has 2 N–H and O–H groups in total. The lowest BCUT2D eigenvalue weighted by Crippen LogP contribution is -2.49. The zero-order valence-corrected chi connectivity index (χ0v) is 10.7. The lowest BCUT2D eigenvalue weighted by Gasteiger charge is -2.35. The van der Waals surface area contributed by atoms with Crippen LogP contribution in [0.1, 0.15) is 38.5 Å². The molecule has 0 aromatic rings. The maximum absolute atomic E-state index is 10.8. The molecular weight excluding hydrogens is 216 g/mol. The fourth-order valence-electron chi connectivity index (χ4n) is 2.99. The molecule has 4 heteroatoms. The minimum Gasteiger partial charge on any atom is -0.481 e. The Morgan fingerprint density at radius 1 is 1.29 bits per heavy atom. The lowest BCUT2D eigenvalue weighted by atomic mass is 9.79. The van der Waals surface area contributed by atoms with Gasteiger partial charge >= 0.3 is 5.97 Å². The number of likely N-dealkylation sites (N-methyl/N-ethyl adjacent to an activating group) is 1. The van der Waals surface area contributed by atoms with Gasteiger partial charge in [-0.2, -0.15) is 0 Å². The van der Waals surface area contributed by atoms with E-state index in [1.54, 1.807) is 0 Å². The normalized spacial score (nSPS) is 29.5. The standard InChI is InChI=1S/C13H24N2O2/c1-15(10-4-2-3-5-10)9-8-14-12-7-6-11(12)13(16)17/h10-12,14H,2-9H2,1H3,(H,16,17). The molecule has 2 saturated carbocycles. The minimum atomic E-state index is -0.641. The molecule has 2 aliphatic carbocycles. The molecule has 98 valence electrons. The van der Waals surface area contributed by atoms with Gasteiger partial charge in [-0.25, -0.2) is 0 Å². The van der Waals surface area contributed by atoms with E-state index in [4.69, 9.17) is 5.11 Å². The number of nitrogens with one attached hydrogen (secondary N) is 1. The van der Waals surface area contributed by atoms with Gasteiger partial charge in [0.1, 0.15) is 0 Å². The van der Waals surface area contributed by atoms with Crippen LogP contribution in [0.15, 0.2) is 0 Å². The summed E-state index contributed by atoms with van der Waals surface area (Å²) in [6, 6.07) is 0.970. The van der Waals surface area contributed by atoms with Crippen molar-refractivity contribution in [3.63, 3.8) is 0 Å². The number of rotatable bonds is 6. The van der Waals surface area contributed by atoms with E-state index in [0.717, 1.165) is 32.0 Å². The fraction of sp³-hybridized carbons (Fsp3) is 0.923. The van der Waals surface area contributed by atoms with Gasteiger partial charge in [0, 0.05) is 25.2 Å². The highest BCUT2D eigenvalue weighted by atomic mass is 16.4. The first-order valence-electron chi connectivity index (χ1n) is 6.85. The van der Waals surface area contributed by atoms with Gasteiger partial charge in [-0.15, -0.1) is 0 Å². The highest BCUT2D eigenvalue weighted by Crippen LogP contribution is 2.27. The minimum absolute atomic E-state index is 0.146. The van der Waals surface area contributed by atoms with Crippen molar-refractivity contribution in [2.45, 2.75) is 50.6 Å². The summed E-state index contributed by atoms with van der Waals surface area (Å²) in [5, 5.41) is 12.3. The molecular formula is C13H24N2O2. The van der Waals surface area contributed by atoms with Crippen molar-refractivity contribution in [3.05, 3.63) is 0 Å². The van der Waals surface area contributed by atoms with Gasteiger partial charge < -0.3 is 15.3 Å². The largest absolute Gasteiger partial charge is 0.481 e. The van der Waals surface area contributed by atoms with E-state index in [-0.39, 0.29) is 12.0 Å². The second-order valence-corrected chi connectivity index (χ2v) is 5.50. The molecule has 4 nitrogen and oxygen atoms in total. The summed E-state index contributed by atoms with van der Waals surface area (Å²) >= 11 is 0. The highest BCUT2D eigenvalue weighted by Gasteiger charge is 2.35. The number of carbonyl (C=O) groups is 1. The summed E-state index contributed by atoms with van der Waals surface area (Å²) < 4.78 is 0. The molecule has 0 spiro atoms. The molecule has 2 unspecified atom stereocenters. The zero-order valence-electron chi connectivity index (χ0n) is 10.7. The van der Waals surface area contributed by atoms with Crippen LogP contribution >= 0.6 is 0 Å². The van der Waals surface area contributed by atoms with Crippen molar-refractivity contribution in [2.24, 2.45) is 5.92 Å². The molecule has 0 amide bonds. The van der Waals surface area contributed by atoms with E-state index < -0.39 is 5.97 Å². The first-order valence-corrected chi connectivity index (χ1v) is 6.85.